The highest BCUT2D eigenvalue weighted by molar-refractivity contribution is 5.66. The second-order valence-corrected chi connectivity index (χ2v) is 7.07. The normalized spacial score (nSPS) is 33.3. The minimum absolute atomic E-state index is 0.328. The van der Waals surface area contributed by atoms with Crippen molar-refractivity contribution < 1.29 is 9.84 Å². The van der Waals surface area contributed by atoms with Gasteiger partial charge in [-0.05, 0) is 80.4 Å². The molecule has 112 valence electrons. The minimum Gasteiger partial charge on any atom is -0.508 e. The Bertz CT molecular complexity index is 543. The van der Waals surface area contributed by atoms with Crippen molar-refractivity contribution in [1.29, 1.82) is 0 Å². The standard InChI is InChI=1S/C19H24O2/c1-2-21-19(14-4-3-5-17(20)11-14)18-15-7-12-6-13(9-15)10-16(18)8-12/h3-5,11-13,15-16,20H,2,6-10H2,1H3. The van der Waals surface area contributed by atoms with E-state index in [1.807, 2.05) is 12.1 Å². The molecule has 1 aromatic carbocycles. The zero-order valence-corrected chi connectivity index (χ0v) is 12.7. The van der Waals surface area contributed by atoms with Crippen LogP contribution in [0.15, 0.2) is 29.8 Å². The fourth-order valence-electron chi connectivity index (χ4n) is 5.19. The third kappa shape index (κ3) is 2.25. The van der Waals surface area contributed by atoms with Gasteiger partial charge in [0.05, 0.1) is 6.61 Å². The Hall–Kier alpha value is -1.44. The molecule has 1 aromatic rings. The molecule has 21 heavy (non-hydrogen) atoms. The van der Waals surface area contributed by atoms with Gasteiger partial charge in [0, 0.05) is 5.56 Å². The van der Waals surface area contributed by atoms with E-state index in [1.165, 1.54) is 32.1 Å². The van der Waals surface area contributed by atoms with Crippen molar-refractivity contribution in [3.8, 4) is 5.75 Å². The molecular weight excluding hydrogens is 260 g/mol. The maximum absolute atomic E-state index is 9.80. The predicted molar refractivity (Wildman–Crippen MR) is 83.7 cm³/mol. The average molecular weight is 284 g/mol. The van der Waals surface area contributed by atoms with Crippen molar-refractivity contribution >= 4 is 5.76 Å². The first-order chi connectivity index (χ1) is 10.2. The van der Waals surface area contributed by atoms with Gasteiger partial charge in [0.25, 0.3) is 0 Å². The number of phenolic OH excluding ortho intramolecular Hbond substituents is 1. The van der Waals surface area contributed by atoms with Gasteiger partial charge in [-0.15, -0.1) is 0 Å². The monoisotopic (exact) mass is 284 g/mol. The van der Waals surface area contributed by atoms with Crippen molar-refractivity contribution in [2.75, 3.05) is 6.61 Å². The van der Waals surface area contributed by atoms with E-state index in [0.29, 0.717) is 12.4 Å². The van der Waals surface area contributed by atoms with Crippen molar-refractivity contribution in [3.05, 3.63) is 35.4 Å². The molecule has 0 atom stereocenters. The van der Waals surface area contributed by atoms with Gasteiger partial charge in [0.15, 0.2) is 0 Å². The highest BCUT2D eigenvalue weighted by atomic mass is 16.5. The van der Waals surface area contributed by atoms with E-state index < -0.39 is 0 Å². The molecular formula is C19H24O2. The molecule has 2 heteroatoms. The van der Waals surface area contributed by atoms with Crippen LogP contribution in [0.5, 0.6) is 5.75 Å². The van der Waals surface area contributed by atoms with Gasteiger partial charge < -0.3 is 9.84 Å². The second-order valence-electron chi connectivity index (χ2n) is 7.07. The number of hydrogen-bond donors (Lipinski definition) is 1. The quantitative estimate of drug-likeness (QED) is 0.822. The van der Waals surface area contributed by atoms with Crippen LogP contribution < -0.4 is 0 Å². The summed E-state index contributed by atoms with van der Waals surface area (Å²) in [4.78, 5) is 0. The van der Waals surface area contributed by atoms with Gasteiger partial charge >= 0.3 is 0 Å². The summed E-state index contributed by atoms with van der Waals surface area (Å²) in [7, 11) is 0. The molecule has 0 amide bonds. The van der Waals surface area contributed by atoms with E-state index in [2.05, 4.69) is 13.0 Å². The minimum atomic E-state index is 0.328. The Kier molecular flexibility index (Phi) is 3.20. The molecule has 0 unspecified atom stereocenters. The fourth-order valence-corrected chi connectivity index (χ4v) is 5.19. The van der Waals surface area contributed by atoms with Crippen LogP contribution in [0.2, 0.25) is 0 Å². The van der Waals surface area contributed by atoms with E-state index in [-0.39, 0.29) is 0 Å². The average Bonchev–Trinajstić information content (AvgIpc) is 2.45. The summed E-state index contributed by atoms with van der Waals surface area (Å²) in [5, 5.41) is 9.80. The first-order valence-electron chi connectivity index (χ1n) is 8.40. The van der Waals surface area contributed by atoms with Gasteiger partial charge in [-0.3, -0.25) is 0 Å². The molecule has 4 aliphatic rings. The van der Waals surface area contributed by atoms with Gasteiger partial charge in [-0.2, -0.15) is 0 Å². The highest BCUT2D eigenvalue weighted by Gasteiger charge is 2.46. The van der Waals surface area contributed by atoms with Crippen LogP contribution in [-0.4, -0.2) is 11.7 Å². The van der Waals surface area contributed by atoms with Crippen LogP contribution in [0.3, 0.4) is 0 Å². The van der Waals surface area contributed by atoms with E-state index >= 15 is 0 Å². The smallest absolute Gasteiger partial charge is 0.126 e. The van der Waals surface area contributed by atoms with E-state index in [9.17, 15) is 5.11 Å². The molecule has 4 fully saturated rings. The van der Waals surface area contributed by atoms with E-state index in [4.69, 9.17) is 4.74 Å². The van der Waals surface area contributed by atoms with E-state index in [1.54, 1.807) is 11.6 Å². The molecule has 0 aromatic heterocycles. The number of allylic oxidation sites excluding steroid dienone is 1. The number of phenols is 1. The summed E-state index contributed by atoms with van der Waals surface area (Å²) >= 11 is 0. The van der Waals surface area contributed by atoms with Crippen molar-refractivity contribution in [2.45, 2.75) is 39.0 Å². The Balaban J connectivity index is 1.78. The summed E-state index contributed by atoms with van der Waals surface area (Å²) in [6.07, 6.45) is 6.90. The van der Waals surface area contributed by atoms with Gasteiger partial charge in [0.2, 0.25) is 0 Å². The van der Waals surface area contributed by atoms with Gasteiger partial charge in [0.1, 0.15) is 11.5 Å². The zero-order valence-electron chi connectivity index (χ0n) is 12.7. The summed E-state index contributed by atoms with van der Waals surface area (Å²) in [6.45, 7) is 2.75. The molecule has 4 saturated carbocycles. The molecule has 5 rings (SSSR count). The summed E-state index contributed by atoms with van der Waals surface area (Å²) in [6, 6.07) is 7.57. The summed E-state index contributed by atoms with van der Waals surface area (Å²) < 4.78 is 6.08. The Morgan fingerprint density at radius 1 is 1.10 bits per heavy atom. The summed E-state index contributed by atoms with van der Waals surface area (Å²) in [5.41, 5.74) is 2.62. The molecule has 0 aliphatic heterocycles. The molecule has 4 aliphatic carbocycles. The lowest BCUT2D eigenvalue weighted by molar-refractivity contribution is 0.0668. The largest absolute Gasteiger partial charge is 0.508 e. The van der Waals surface area contributed by atoms with Crippen LogP contribution in [0.25, 0.3) is 5.76 Å². The topological polar surface area (TPSA) is 29.5 Å². The Morgan fingerprint density at radius 3 is 2.33 bits per heavy atom. The number of benzene rings is 1. The molecule has 1 N–H and O–H groups in total. The molecule has 2 nitrogen and oxygen atoms in total. The van der Waals surface area contributed by atoms with Gasteiger partial charge in [-0.25, -0.2) is 0 Å². The lowest BCUT2D eigenvalue weighted by atomic mass is 9.54. The number of ether oxygens (including phenoxy) is 1. The maximum Gasteiger partial charge on any atom is 0.126 e. The maximum atomic E-state index is 9.80. The van der Waals surface area contributed by atoms with Crippen molar-refractivity contribution in [1.82, 2.24) is 0 Å². The van der Waals surface area contributed by atoms with E-state index in [0.717, 1.165) is 35.0 Å². The number of rotatable bonds is 3. The lowest BCUT2D eigenvalue weighted by Crippen LogP contribution is -2.41. The third-order valence-corrected chi connectivity index (χ3v) is 5.68. The summed E-state index contributed by atoms with van der Waals surface area (Å²) in [5.74, 6) is 4.78. The van der Waals surface area contributed by atoms with Gasteiger partial charge in [-0.1, -0.05) is 12.1 Å². The molecule has 0 spiro atoms. The molecule has 0 saturated heterocycles. The molecule has 0 heterocycles. The highest BCUT2D eigenvalue weighted by Crippen LogP contribution is 2.58. The van der Waals surface area contributed by atoms with Crippen LogP contribution in [0, 0.1) is 23.7 Å². The lowest BCUT2D eigenvalue weighted by Gasteiger charge is -2.51. The Labute approximate surface area is 126 Å². The fraction of sp³-hybridized carbons (Fsp3) is 0.579. The first kappa shape index (κ1) is 13.2. The van der Waals surface area contributed by atoms with Crippen LogP contribution in [0.1, 0.15) is 44.6 Å². The third-order valence-electron chi connectivity index (χ3n) is 5.68. The van der Waals surface area contributed by atoms with Crippen molar-refractivity contribution in [2.24, 2.45) is 23.7 Å². The van der Waals surface area contributed by atoms with Crippen LogP contribution >= 0.6 is 0 Å². The molecule has 4 bridgehead atoms. The zero-order chi connectivity index (χ0) is 14.4. The first-order valence-corrected chi connectivity index (χ1v) is 8.40. The number of hydrogen-bond acceptors (Lipinski definition) is 2. The Morgan fingerprint density at radius 2 is 1.76 bits per heavy atom. The number of aromatic hydroxyl groups is 1. The van der Waals surface area contributed by atoms with Crippen LogP contribution in [-0.2, 0) is 4.74 Å². The SMILES string of the molecule is CCOC(=C1C2CC3CC(C2)CC1C3)c1cccc(O)c1. The van der Waals surface area contributed by atoms with Crippen LogP contribution in [0.4, 0.5) is 0 Å². The predicted octanol–water partition coefficient (Wildman–Crippen LogP) is 4.60. The second kappa shape index (κ2) is 5.08. The van der Waals surface area contributed by atoms with Crippen molar-refractivity contribution in [3.63, 3.8) is 0 Å². The molecule has 0 radical (unpaired) electrons.